The summed E-state index contributed by atoms with van der Waals surface area (Å²) < 4.78 is 2.30. The van der Waals surface area contributed by atoms with E-state index in [1.807, 2.05) is 30.3 Å². The maximum atomic E-state index is 9.79. The molecule has 0 amide bonds. The van der Waals surface area contributed by atoms with Crippen LogP contribution in [0.2, 0.25) is 0 Å². The Morgan fingerprint density at radius 1 is 0.893 bits per heavy atom. The molecule has 0 saturated carbocycles. The van der Waals surface area contributed by atoms with Crippen LogP contribution in [0.4, 0.5) is 0 Å². The molecular formula is C26H22N2. The van der Waals surface area contributed by atoms with E-state index in [0.717, 1.165) is 23.1 Å². The lowest BCUT2D eigenvalue weighted by Gasteiger charge is -2.09. The summed E-state index contributed by atoms with van der Waals surface area (Å²) in [5, 5.41) is 12.1. The maximum Gasteiger partial charge on any atom is 0.0998 e. The molecule has 0 spiro atoms. The van der Waals surface area contributed by atoms with Gasteiger partial charge in [0.15, 0.2) is 0 Å². The van der Waals surface area contributed by atoms with Crippen molar-refractivity contribution < 1.29 is 0 Å². The summed E-state index contributed by atoms with van der Waals surface area (Å²) in [7, 11) is 0. The monoisotopic (exact) mass is 362 g/mol. The van der Waals surface area contributed by atoms with Crippen molar-refractivity contribution in [3.63, 3.8) is 0 Å². The molecule has 0 aliphatic heterocycles. The zero-order valence-electron chi connectivity index (χ0n) is 16.2. The second-order valence-electron chi connectivity index (χ2n) is 7.13. The first kappa shape index (κ1) is 17.8. The SMILES string of the molecule is Cc1cc(C=C(C#N)c2ccc3ccccc3c2)c(C)n1Cc1ccccc1. The molecule has 28 heavy (non-hydrogen) atoms. The summed E-state index contributed by atoms with van der Waals surface area (Å²) in [4.78, 5) is 0. The Bertz CT molecular complexity index is 1200. The third kappa shape index (κ3) is 3.48. The van der Waals surface area contributed by atoms with E-state index >= 15 is 0 Å². The minimum Gasteiger partial charge on any atom is -0.344 e. The van der Waals surface area contributed by atoms with Gasteiger partial charge in [0.05, 0.1) is 11.6 Å². The highest BCUT2D eigenvalue weighted by atomic mass is 15.0. The lowest BCUT2D eigenvalue weighted by Crippen LogP contribution is -2.03. The van der Waals surface area contributed by atoms with Gasteiger partial charge in [-0.15, -0.1) is 0 Å². The summed E-state index contributed by atoms with van der Waals surface area (Å²) >= 11 is 0. The van der Waals surface area contributed by atoms with Crippen LogP contribution >= 0.6 is 0 Å². The van der Waals surface area contributed by atoms with Gasteiger partial charge in [-0.25, -0.2) is 0 Å². The number of hydrogen-bond donors (Lipinski definition) is 0. The lowest BCUT2D eigenvalue weighted by atomic mass is 10.0. The minimum atomic E-state index is 0.686. The normalized spacial score (nSPS) is 11.5. The average molecular weight is 362 g/mol. The predicted molar refractivity (Wildman–Crippen MR) is 117 cm³/mol. The van der Waals surface area contributed by atoms with Gasteiger partial charge >= 0.3 is 0 Å². The van der Waals surface area contributed by atoms with Gasteiger partial charge in [-0.2, -0.15) is 5.26 Å². The molecule has 2 heteroatoms. The summed E-state index contributed by atoms with van der Waals surface area (Å²) in [5.74, 6) is 0. The molecule has 0 saturated heterocycles. The van der Waals surface area contributed by atoms with E-state index in [1.54, 1.807) is 0 Å². The number of nitriles is 1. The van der Waals surface area contributed by atoms with Crippen LogP contribution in [-0.4, -0.2) is 4.57 Å². The van der Waals surface area contributed by atoms with Crippen molar-refractivity contribution in [3.8, 4) is 6.07 Å². The molecule has 0 unspecified atom stereocenters. The van der Waals surface area contributed by atoms with Crippen molar-refractivity contribution in [3.05, 3.63) is 107 Å². The van der Waals surface area contributed by atoms with Crippen LogP contribution in [0.1, 0.15) is 28.1 Å². The maximum absolute atomic E-state index is 9.79. The molecule has 0 bridgehead atoms. The highest BCUT2D eigenvalue weighted by molar-refractivity contribution is 5.94. The Kier molecular flexibility index (Phi) is 4.83. The molecule has 136 valence electrons. The summed E-state index contributed by atoms with van der Waals surface area (Å²) in [5.41, 5.74) is 6.38. The standard InChI is InChI=1S/C26H22N2/c1-19-14-25(20(2)28(19)18-21-8-4-3-5-9-21)16-26(17-27)24-13-12-22-10-6-7-11-23(22)15-24/h3-16H,18H2,1-2H3. The molecule has 4 aromatic rings. The molecule has 2 nitrogen and oxygen atoms in total. The van der Waals surface area contributed by atoms with E-state index in [2.05, 4.69) is 79.1 Å². The van der Waals surface area contributed by atoms with Crippen LogP contribution in [0.3, 0.4) is 0 Å². The molecule has 1 heterocycles. The van der Waals surface area contributed by atoms with E-state index in [9.17, 15) is 5.26 Å². The Hall–Kier alpha value is -3.57. The zero-order valence-corrected chi connectivity index (χ0v) is 16.2. The van der Waals surface area contributed by atoms with Gasteiger partial charge in [0.2, 0.25) is 0 Å². The molecule has 0 fully saturated rings. The van der Waals surface area contributed by atoms with Crippen LogP contribution in [-0.2, 0) is 6.54 Å². The average Bonchev–Trinajstić information content (AvgIpc) is 2.99. The van der Waals surface area contributed by atoms with E-state index in [4.69, 9.17) is 0 Å². The number of nitrogens with zero attached hydrogens (tertiary/aromatic N) is 2. The van der Waals surface area contributed by atoms with Gasteiger partial charge in [-0.3, -0.25) is 0 Å². The van der Waals surface area contributed by atoms with Gasteiger partial charge in [0.25, 0.3) is 0 Å². The second-order valence-corrected chi connectivity index (χ2v) is 7.13. The molecular weight excluding hydrogens is 340 g/mol. The largest absolute Gasteiger partial charge is 0.344 e. The van der Waals surface area contributed by atoms with Crippen molar-refractivity contribution >= 4 is 22.4 Å². The highest BCUT2D eigenvalue weighted by Gasteiger charge is 2.10. The van der Waals surface area contributed by atoms with Crippen LogP contribution in [0, 0.1) is 25.2 Å². The van der Waals surface area contributed by atoms with Gasteiger partial charge in [0.1, 0.15) is 0 Å². The fourth-order valence-electron chi connectivity index (χ4n) is 3.68. The first-order chi connectivity index (χ1) is 13.7. The molecule has 1 aromatic heterocycles. The Balaban J connectivity index is 1.72. The summed E-state index contributed by atoms with van der Waals surface area (Å²) in [6, 6.07) is 29.4. The molecule has 3 aromatic carbocycles. The van der Waals surface area contributed by atoms with Crippen molar-refractivity contribution in [2.75, 3.05) is 0 Å². The van der Waals surface area contributed by atoms with Crippen molar-refractivity contribution in [2.45, 2.75) is 20.4 Å². The van der Waals surface area contributed by atoms with Gasteiger partial charge < -0.3 is 4.57 Å². The van der Waals surface area contributed by atoms with Crippen LogP contribution in [0.25, 0.3) is 22.4 Å². The molecule has 4 rings (SSSR count). The van der Waals surface area contributed by atoms with E-state index in [0.29, 0.717) is 5.57 Å². The number of hydrogen-bond acceptors (Lipinski definition) is 1. The second kappa shape index (κ2) is 7.58. The highest BCUT2D eigenvalue weighted by Crippen LogP contribution is 2.25. The topological polar surface area (TPSA) is 28.7 Å². The van der Waals surface area contributed by atoms with Crippen LogP contribution in [0.15, 0.2) is 78.9 Å². The van der Waals surface area contributed by atoms with Crippen molar-refractivity contribution in [2.24, 2.45) is 0 Å². The molecule has 0 N–H and O–H groups in total. The third-order valence-electron chi connectivity index (χ3n) is 5.28. The first-order valence-corrected chi connectivity index (χ1v) is 9.47. The number of aromatic nitrogens is 1. The summed E-state index contributed by atoms with van der Waals surface area (Å²) in [6.45, 7) is 5.08. The Morgan fingerprint density at radius 2 is 1.61 bits per heavy atom. The number of aryl methyl sites for hydroxylation is 1. The number of fused-ring (bicyclic) bond motifs is 1. The number of allylic oxidation sites excluding steroid dienone is 1. The Morgan fingerprint density at radius 3 is 2.36 bits per heavy atom. The van der Waals surface area contributed by atoms with E-state index in [-0.39, 0.29) is 0 Å². The smallest absolute Gasteiger partial charge is 0.0998 e. The number of rotatable bonds is 4. The van der Waals surface area contributed by atoms with Crippen LogP contribution in [0.5, 0.6) is 0 Å². The zero-order chi connectivity index (χ0) is 19.5. The summed E-state index contributed by atoms with van der Waals surface area (Å²) in [6.07, 6.45) is 2.01. The first-order valence-electron chi connectivity index (χ1n) is 9.47. The quantitative estimate of drug-likeness (QED) is 0.388. The molecule has 0 aliphatic rings. The Labute approximate surface area is 166 Å². The van der Waals surface area contributed by atoms with E-state index in [1.165, 1.54) is 22.3 Å². The molecule has 0 aliphatic carbocycles. The minimum absolute atomic E-state index is 0.686. The fourth-order valence-corrected chi connectivity index (χ4v) is 3.68. The third-order valence-corrected chi connectivity index (χ3v) is 5.28. The fraction of sp³-hybridized carbons (Fsp3) is 0.115. The van der Waals surface area contributed by atoms with Crippen molar-refractivity contribution in [1.82, 2.24) is 4.57 Å². The molecule has 0 radical (unpaired) electrons. The van der Waals surface area contributed by atoms with Crippen LogP contribution < -0.4 is 0 Å². The predicted octanol–water partition coefficient (Wildman–Crippen LogP) is 6.37. The van der Waals surface area contributed by atoms with Gasteiger partial charge in [0, 0.05) is 17.9 Å². The molecule has 0 atom stereocenters. The lowest BCUT2D eigenvalue weighted by molar-refractivity contribution is 0.749. The van der Waals surface area contributed by atoms with Gasteiger partial charge in [-0.05, 0) is 59.5 Å². The van der Waals surface area contributed by atoms with Gasteiger partial charge in [-0.1, -0.05) is 66.7 Å². The van der Waals surface area contributed by atoms with Crippen molar-refractivity contribution in [1.29, 1.82) is 5.26 Å². The number of benzene rings is 3. The van der Waals surface area contributed by atoms with E-state index < -0.39 is 0 Å².